The van der Waals surface area contributed by atoms with E-state index in [1.54, 1.807) is 55.5 Å². The summed E-state index contributed by atoms with van der Waals surface area (Å²) in [4.78, 5) is 37.5. The summed E-state index contributed by atoms with van der Waals surface area (Å²) in [5.41, 5.74) is 1.91. The number of urea groups is 1. The van der Waals surface area contributed by atoms with Crippen molar-refractivity contribution in [2.75, 3.05) is 7.11 Å². The van der Waals surface area contributed by atoms with Crippen molar-refractivity contribution in [1.29, 1.82) is 0 Å². The predicted molar refractivity (Wildman–Crippen MR) is 97.3 cm³/mol. The molecule has 1 heterocycles. The number of ether oxygens (including phenoxy) is 1. The van der Waals surface area contributed by atoms with Crippen LogP contribution < -0.4 is 15.5 Å². The van der Waals surface area contributed by atoms with Gasteiger partial charge < -0.3 is 10.1 Å². The summed E-state index contributed by atoms with van der Waals surface area (Å²) < 4.78 is 5.88. The maximum atomic E-state index is 12.8. The lowest BCUT2D eigenvalue weighted by Gasteiger charge is -2.22. The van der Waals surface area contributed by atoms with Crippen LogP contribution in [0.5, 0.6) is 5.75 Å². The molecule has 134 valence electrons. The maximum Gasteiger partial charge on any atom is 0.344 e. The Labute approximate surface area is 158 Å². The van der Waals surface area contributed by atoms with Gasteiger partial charge in [-0.05, 0) is 42.8 Å². The minimum Gasteiger partial charge on any atom is -0.497 e. The van der Waals surface area contributed by atoms with E-state index >= 15 is 0 Å². The molecule has 3 rings (SSSR count). The lowest BCUT2D eigenvalue weighted by molar-refractivity contribution is -0.132. The number of hydrogen-bond acceptors (Lipinski definition) is 4. The van der Waals surface area contributed by atoms with E-state index in [1.165, 1.54) is 7.11 Å². The summed E-state index contributed by atoms with van der Waals surface area (Å²) in [7, 11) is 1.51. The Kier molecular flexibility index (Phi) is 4.69. The van der Waals surface area contributed by atoms with Crippen molar-refractivity contribution >= 4 is 33.8 Å². The molecule has 8 heteroatoms. The Morgan fingerprint density at radius 2 is 1.92 bits per heavy atom. The van der Waals surface area contributed by atoms with Crippen LogP contribution in [-0.2, 0) is 10.3 Å². The highest BCUT2D eigenvalue weighted by molar-refractivity contribution is 9.10. The normalized spacial score (nSPS) is 19.3. The molecule has 26 heavy (non-hydrogen) atoms. The Hall–Kier alpha value is -2.87. The monoisotopic (exact) mass is 417 g/mol. The Bertz CT molecular complexity index is 902. The van der Waals surface area contributed by atoms with E-state index in [0.717, 1.165) is 0 Å². The predicted octanol–water partition coefficient (Wildman–Crippen LogP) is 2.57. The molecule has 1 aliphatic heterocycles. The molecular formula is C18H16BrN3O4. The Morgan fingerprint density at radius 1 is 1.19 bits per heavy atom. The van der Waals surface area contributed by atoms with Crippen LogP contribution in [-0.4, -0.2) is 30.0 Å². The maximum absolute atomic E-state index is 12.8. The summed E-state index contributed by atoms with van der Waals surface area (Å²) in [6, 6.07) is 12.8. The second-order valence-electron chi connectivity index (χ2n) is 5.88. The number of imide groups is 1. The number of carbonyl (C=O) groups is 3. The first-order chi connectivity index (χ1) is 12.3. The van der Waals surface area contributed by atoms with Gasteiger partial charge in [-0.1, -0.05) is 34.1 Å². The molecule has 0 radical (unpaired) electrons. The number of nitrogens with zero attached hydrogens (tertiary/aromatic N) is 1. The van der Waals surface area contributed by atoms with E-state index in [1.807, 2.05) is 0 Å². The van der Waals surface area contributed by atoms with Crippen LogP contribution >= 0.6 is 15.9 Å². The third-order valence-corrected chi connectivity index (χ3v) is 4.63. The summed E-state index contributed by atoms with van der Waals surface area (Å²) in [6.45, 7) is 1.58. The SMILES string of the molecule is COc1cccc(C2(C)NC(=O)N(NC(=O)c3cccc(Br)c3)C2=O)c1. The second-order valence-corrected chi connectivity index (χ2v) is 6.79. The summed E-state index contributed by atoms with van der Waals surface area (Å²) in [5, 5.41) is 3.32. The topological polar surface area (TPSA) is 87.7 Å². The minimum absolute atomic E-state index is 0.315. The average molecular weight is 418 g/mol. The van der Waals surface area contributed by atoms with Gasteiger partial charge in [-0.2, -0.15) is 5.01 Å². The molecule has 7 nitrogen and oxygen atoms in total. The van der Waals surface area contributed by atoms with Crippen molar-refractivity contribution in [2.45, 2.75) is 12.5 Å². The van der Waals surface area contributed by atoms with Crippen molar-refractivity contribution in [3.05, 3.63) is 64.1 Å². The van der Waals surface area contributed by atoms with Crippen molar-refractivity contribution in [3.63, 3.8) is 0 Å². The van der Waals surface area contributed by atoms with Gasteiger partial charge in [0.25, 0.3) is 11.8 Å². The van der Waals surface area contributed by atoms with Crippen LogP contribution in [0.4, 0.5) is 4.79 Å². The molecule has 1 saturated heterocycles. The Morgan fingerprint density at radius 3 is 2.62 bits per heavy atom. The van der Waals surface area contributed by atoms with E-state index in [-0.39, 0.29) is 0 Å². The highest BCUT2D eigenvalue weighted by atomic mass is 79.9. The van der Waals surface area contributed by atoms with Gasteiger partial charge in [0.1, 0.15) is 11.3 Å². The molecule has 0 aliphatic carbocycles. The van der Waals surface area contributed by atoms with E-state index in [4.69, 9.17) is 4.74 Å². The molecule has 0 spiro atoms. The highest BCUT2D eigenvalue weighted by Crippen LogP contribution is 2.30. The van der Waals surface area contributed by atoms with Crippen LogP contribution in [0.2, 0.25) is 0 Å². The van der Waals surface area contributed by atoms with E-state index in [0.29, 0.717) is 26.4 Å². The molecule has 1 aliphatic rings. The van der Waals surface area contributed by atoms with Crippen molar-refractivity contribution < 1.29 is 19.1 Å². The number of hydrogen-bond donors (Lipinski definition) is 2. The fraction of sp³-hybridized carbons (Fsp3) is 0.167. The fourth-order valence-electron chi connectivity index (χ4n) is 2.67. The van der Waals surface area contributed by atoms with Crippen LogP contribution in [0.3, 0.4) is 0 Å². The first-order valence-corrected chi connectivity index (χ1v) is 8.52. The van der Waals surface area contributed by atoms with E-state index in [2.05, 4.69) is 26.7 Å². The quantitative estimate of drug-likeness (QED) is 0.748. The molecule has 2 aromatic carbocycles. The van der Waals surface area contributed by atoms with Crippen molar-refractivity contribution in [2.24, 2.45) is 0 Å². The summed E-state index contributed by atoms with van der Waals surface area (Å²) in [6.07, 6.45) is 0. The molecular weight excluding hydrogens is 402 g/mol. The smallest absolute Gasteiger partial charge is 0.344 e. The highest BCUT2D eigenvalue weighted by Gasteiger charge is 2.50. The number of nitrogens with one attached hydrogen (secondary N) is 2. The first-order valence-electron chi connectivity index (χ1n) is 7.73. The van der Waals surface area contributed by atoms with Gasteiger partial charge in [0.15, 0.2) is 0 Å². The molecule has 0 saturated carbocycles. The van der Waals surface area contributed by atoms with Gasteiger partial charge in [-0.25, -0.2) is 4.79 Å². The van der Waals surface area contributed by atoms with E-state index in [9.17, 15) is 14.4 Å². The van der Waals surface area contributed by atoms with Gasteiger partial charge in [0.2, 0.25) is 0 Å². The number of rotatable bonds is 4. The van der Waals surface area contributed by atoms with Crippen LogP contribution in [0.15, 0.2) is 53.0 Å². The fourth-order valence-corrected chi connectivity index (χ4v) is 3.07. The van der Waals surface area contributed by atoms with E-state index < -0.39 is 23.4 Å². The molecule has 1 atom stereocenters. The average Bonchev–Trinajstić information content (AvgIpc) is 2.86. The molecule has 0 bridgehead atoms. The van der Waals surface area contributed by atoms with Gasteiger partial charge in [-0.15, -0.1) is 0 Å². The van der Waals surface area contributed by atoms with Crippen LogP contribution in [0.1, 0.15) is 22.8 Å². The Balaban J connectivity index is 1.85. The van der Waals surface area contributed by atoms with Crippen molar-refractivity contribution in [1.82, 2.24) is 15.8 Å². The number of hydrazine groups is 1. The number of carbonyl (C=O) groups excluding carboxylic acids is 3. The van der Waals surface area contributed by atoms with Gasteiger partial charge in [-0.3, -0.25) is 15.0 Å². The molecule has 2 N–H and O–H groups in total. The minimum atomic E-state index is -1.31. The molecule has 1 fully saturated rings. The number of benzene rings is 2. The summed E-state index contributed by atoms with van der Waals surface area (Å²) >= 11 is 3.28. The standard InChI is InChI=1S/C18H16BrN3O4/c1-18(12-6-4-8-14(10-12)26-2)16(24)22(17(25)20-18)21-15(23)11-5-3-7-13(19)9-11/h3-10H,1-2H3,(H,20,25)(H,21,23). The van der Waals surface area contributed by atoms with Crippen LogP contribution in [0, 0.1) is 0 Å². The lowest BCUT2D eigenvalue weighted by Crippen LogP contribution is -2.47. The van der Waals surface area contributed by atoms with Gasteiger partial charge in [0.05, 0.1) is 7.11 Å². The third-order valence-electron chi connectivity index (χ3n) is 4.14. The van der Waals surface area contributed by atoms with Crippen molar-refractivity contribution in [3.8, 4) is 5.75 Å². The van der Waals surface area contributed by atoms with Gasteiger partial charge in [0, 0.05) is 10.0 Å². The summed E-state index contributed by atoms with van der Waals surface area (Å²) in [5.74, 6) is -0.591. The molecule has 1 unspecified atom stereocenters. The number of amides is 4. The number of halogens is 1. The number of methoxy groups -OCH3 is 1. The third kappa shape index (κ3) is 3.15. The zero-order valence-corrected chi connectivity index (χ0v) is 15.7. The zero-order chi connectivity index (χ0) is 18.9. The largest absolute Gasteiger partial charge is 0.497 e. The van der Waals surface area contributed by atoms with Crippen LogP contribution in [0.25, 0.3) is 0 Å². The van der Waals surface area contributed by atoms with Gasteiger partial charge >= 0.3 is 6.03 Å². The molecule has 4 amide bonds. The second kappa shape index (κ2) is 6.80. The lowest BCUT2D eigenvalue weighted by atomic mass is 9.92. The molecule has 2 aromatic rings. The molecule has 0 aromatic heterocycles. The first kappa shape index (κ1) is 17.9. The zero-order valence-electron chi connectivity index (χ0n) is 14.1.